The molecule has 15 heteroatoms. The van der Waals surface area contributed by atoms with Crippen LogP contribution in [0.2, 0.25) is 0 Å². The van der Waals surface area contributed by atoms with Crippen LogP contribution in [0.3, 0.4) is 0 Å². The second-order valence-corrected chi connectivity index (χ2v) is 9.40. The summed E-state index contributed by atoms with van der Waals surface area (Å²) in [6.45, 7) is 2.14. The van der Waals surface area contributed by atoms with Gasteiger partial charge in [-0.05, 0) is 43.3 Å². The van der Waals surface area contributed by atoms with E-state index in [4.69, 9.17) is 9.84 Å². The number of ether oxygens (including phenoxy) is 1. The zero-order chi connectivity index (χ0) is 25.1. The molecule has 0 spiro atoms. The number of carboxylic acids is 1. The number of aromatic nitrogens is 6. The molecule has 39 heavy (non-hydrogen) atoms. The van der Waals surface area contributed by atoms with Crippen molar-refractivity contribution in [2.24, 2.45) is 0 Å². The monoisotopic (exact) mass is 560 g/mol. The SMILES string of the molecule is CCOC(=O)c1cc2sc(-c3cccnc3)nc2[nH]1.O.O=C(O)c1cc2sc(-c3cccnc3)nc2[nH]1.[Li+].[OH-]. The van der Waals surface area contributed by atoms with Crippen molar-refractivity contribution >= 4 is 55.3 Å². The van der Waals surface area contributed by atoms with Crippen LogP contribution in [-0.4, -0.2) is 64.5 Å². The van der Waals surface area contributed by atoms with Gasteiger partial charge in [0.15, 0.2) is 0 Å². The van der Waals surface area contributed by atoms with Crippen molar-refractivity contribution in [2.75, 3.05) is 6.61 Å². The van der Waals surface area contributed by atoms with Crippen LogP contribution in [0.1, 0.15) is 27.9 Å². The maximum Gasteiger partial charge on any atom is 1.00 e. The molecule has 0 aliphatic heterocycles. The van der Waals surface area contributed by atoms with Gasteiger partial charge < -0.3 is 30.8 Å². The maximum absolute atomic E-state index is 11.6. The fourth-order valence-corrected chi connectivity index (χ4v) is 5.20. The van der Waals surface area contributed by atoms with Crippen molar-refractivity contribution in [2.45, 2.75) is 6.92 Å². The Hall–Kier alpha value is -3.90. The minimum Gasteiger partial charge on any atom is -0.870 e. The van der Waals surface area contributed by atoms with E-state index in [1.165, 1.54) is 22.7 Å². The molecule has 6 rings (SSSR count). The molecule has 0 saturated carbocycles. The van der Waals surface area contributed by atoms with Crippen molar-refractivity contribution in [1.82, 2.24) is 29.9 Å². The van der Waals surface area contributed by atoms with E-state index in [1.807, 2.05) is 24.3 Å². The molecule has 0 atom stereocenters. The first-order valence-corrected chi connectivity index (χ1v) is 12.4. The van der Waals surface area contributed by atoms with Gasteiger partial charge in [-0.25, -0.2) is 19.6 Å². The molecule has 0 amide bonds. The second-order valence-electron chi connectivity index (χ2n) is 7.34. The number of nitrogens with one attached hydrogen (secondary N) is 2. The van der Waals surface area contributed by atoms with E-state index in [9.17, 15) is 9.59 Å². The topological polar surface area (TPSA) is 208 Å². The predicted molar refractivity (Wildman–Crippen MR) is 143 cm³/mol. The van der Waals surface area contributed by atoms with E-state index in [1.54, 1.807) is 43.8 Å². The number of fused-ring (bicyclic) bond motifs is 2. The Morgan fingerprint density at radius 3 is 1.79 bits per heavy atom. The normalized spacial score (nSPS) is 9.97. The van der Waals surface area contributed by atoms with Crippen molar-refractivity contribution in [3.8, 4) is 21.1 Å². The molecule has 196 valence electrons. The Morgan fingerprint density at radius 1 is 0.897 bits per heavy atom. The number of hydrogen-bond donors (Lipinski definition) is 3. The van der Waals surface area contributed by atoms with Crippen LogP contribution >= 0.6 is 22.7 Å². The molecule has 6 N–H and O–H groups in total. The van der Waals surface area contributed by atoms with Gasteiger partial charge >= 0.3 is 30.8 Å². The van der Waals surface area contributed by atoms with Crippen LogP contribution in [0, 0.1) is 0 Å². The van der Waals surface area contributed by atoms with Gasteiger partial charge in [-0.1, -0.05) is 0 Å². The summed E-state index contributed by atoms with van der Waals surface area (Å²) in [5, 5.41) is 10.5. The first-order chi connectivity index (χ1) is 17.5. The summed E-state index contributed by atoms with van der Waals surface area (Å²) in [5.41, 5.74) is 3.80. The molecule has 0 bridgehead atoms. The van der Waals surface area contributed by atoms with Gasteiger partial charge in [-0.2, -0.15) is 0 Å². The summed E-state index contributed by atoms with van der Waals surface area (Å²) in [6.07, 6.45) is 6.92. The van der Waals surface area contributed by atoms with Crippen LogP contribution in [0.5, 0.6) is 0 Å². The van der Waals surface area contributed by atoms with E-state index in [0.29, 0.717) is 23.6 Å². The average molecular weight is 561 g/mol. The van der Waals surface area contributed by atoms with Gasteiger partial charge in [-0.15, -0.1) is 22.7 Å². The largest absolute Gasteiger partial charge is 1.00 e. The number of thiazole rings is 2. The molecule has 0 aromatic carbocycles. The van der Waals surface area contributed by atoms with Crippen molar-refractivity contribution in [3.63, 3.8) is 0 Å². The Bertz CT molecular complexity index is 1600. The smallest absolute Gasteiger partial charge is 0.870 e. The minimum atomic E-state index is -0.974. The molecule has 0 aliphatic rings. The number of carbonyl (C=O) groups is 2. The number of esters is 1. The number of aromatic carboxylic acids is 1. The molecule has 0 saturated heterocycles. The van der Waals surface area contributed by atoms with Gasteiger partial charge in [0.1, 0.15) is 32.7 Å². The van der Waals surface area contributed by atoms with Crippen molar-refractivity contribution in [1.29, 1.82) is 0 Å². The number of hydrogen-bond acceptors (Lipinski definition) is 10. The Labute approximate surface area is 240 Å². The van der Waals surface area contributed by atoms with Crippen LogP contribution in [0.25, 0.3) is 41.8 Å². The van der Waals surface area contributed by atoms with Gasteiger partial charge in [0.25, 0.3) is 0 Å². The maximum atomic E-state index is 11.6. The van der Waals surface area contributed by atoms with Crippen LogP contribution in [0.15, 0.2) is 61.2 Å². The average Bonchev–Trinajstić information content (AvgIpc) is 3.65. The number of rotatable bonds is 5. The molecule has 6 aromatic rings. The summed E-state index contributed by atoms with van der Waals surface area (Å²) >= 11 is 2.96. The van der Waals surface area contributed by atoms with Crippen LogP contribution in [0.4, 0.5) is 0 Å². The summed E-state index contributed by atoms with van der Waals surface area (Å²) in [6, 6.07) is 10.9. The zero-order valence-corrected chi connectivity index (χ0v) is 22.3. The molecule has 6 heterocycles. The van der Waals surface area contributed by atoms with Crippen LogP contribution in [-0.2, 0) is 4.74 Å². The molecule has 0 aliphatic carbocycles. The summed E-state index contributed by atoms with van der Waals surface area (Å²) < 4.78 is 6.71. The molecule has 12 nitrogen and oxygen atoms in total. The van der Waals surface area contributed by atoms with E-state index in [0.717, 1.165) is 30.5 Å². The van der Waals surface area contributed by atoms with E-state index in [2.05, 4.69) is 29.9 Å². The third kappa shape index (κ3) is 6.95. The summed E-state index contributed by atoms with van der Waals surface area (Å²) in [4.78, 5) is 45.0. The number of H-pyrrole nitrogens is 2. The molecular weight excluding hydrogens is 539 g/mol. The van der Waals surface area contributed by atoms with Crippen molar-refractivity contribution in [3.05, 3.63) is 72.6 Å². The summed E-state index contributed by atoms with van der Waals surface area (Å²) in [5.74, 6) is -1.33. The fraction of sp³-hybridized carbons (Fsp3) is 0.0833. The number of carboxylic acid groups (broad SMARTS) is 1. The first kappa shape index (κ1) is 31.3. The third-order valence-electron chi connectivity index (χ3n) is 4.91. The number of carbonyl (C=O) groups excluding carboxylic acids is 1. The van der Waals surface area contributed by atoms with Crippen molar-refractivity contribution < 1.29 is 49.2 Å². The standard InChI is InChI=1S/C13H11N3O2S.C11H7N3O2S.Li.2H2O/c1-2-18-13(17)9-6-10-11(15-9)16-12(19-10)8-4-3-5-14-7-8;15-11(16)7-4-8-9(13-7)14-10(17-8)6-2-1-3-12-5-6;;;/h3-7,15H,2H2,1H3;1-5,13H,(H,15,16);;2*1H2/q;;+1;;/p-1. The summed E-state index contributed by atoms with van der Waals surface area (Å²) in [7, 11) is 0. The molecule has 0 unspecified atom stereocenters. The van der Waals surface area contributed by atoms with E-state index < -0.39 is 5.97 Å². The Morgan fingerprint density at radius 2 is 1.38 bits per heavy atom. The number of nitrogens with zero attached hydrogens (tertiary/aromatic N) is 4. The van der Waals surface area contributed by atoms with Gasteiger partial charge in [0, 0.05) is 35.9 Å². The minimum absolute atomic E-state index is 0. The van der Waals surface area contributed by atoms with Gasteiger partial charge in [0.2, 0.25) is 0 Å². The second kappa shape index (κ2) is 13.8. The Kier molecular flexibility index (Phi) is 11.1. The van der Waals surface area contributed by atoms with Gasteiger partial charge in [0.05, 0.1) is 16.0 Å². The molecular formula is C24H21LiN6O6S2. The molecule has 0 radical (unpaired) electrons. The van der Waals surface area contributed by atoms with E-state index >= 15 is 0 Å². The van der Waals surface area contributed by atoms with Gasteiger partial charge in [-0.3, -0.25) is 9.97 Å². The first-order valence-electron chi connectivity index (χ1n) is 10.7. The molecule has 6 aromatic heterocycles. The molecule has 0 fully saturated rings. The number of aromatic amines is 2. The Balaban J connectivity index is 0.000000255. The quantitative estimate of drug-likeness (QED) is 0.204. The zero-order valence-electron chi connectivity index (χ0n) is 20.7. The fourth-order valence-electron chi connectivity index (χ4n) is 3.29. The number of pyridine rings is 2. The predicted octanol–water partition coefficient (Wildman–Crippen LogP) is 1.25. The van der Waals surface area contributed by atoms with Crippen LogP contribution < -0.4 is 18.9 Å². The van der Waals surface area contributed by atoms with E-state index in [-0.39, 0.29) is 41.5 Å². The third-order valence-corrected chi connectivity index (χ3v) is 7.01.